The molecular weight excluding hydrogens is 152 g/mol. The van der Waals surface area contributed by atoms with Crippen LogP contribution in [0.25, 0.3) is 0 Å². The first-order valence-electron chi connectivity index (χ1n) is 4.50. The highest BCUT2D eigenvalue weighted by Crippen LogP contribution is 2.25. The molecule has 0 radical (unpaired) electrons. The van der Waals surface area contributed by atoms with E-state index in [0.29, 0.717) is 0 Å². The Bertz CT molecular complexity index is 215. The van der Waals surface area contributed by atoms with Gasteiger partial charge in [0.2, 0.25) is 0 Å². The number of aromatic nitrogens is 3. The van der Waals surface area contributed by atoms with Crippen molar-refractivity contribution in [2.24, 2.45) is 5.92 Å². The summed E-state index contributed by atoms with van der Waals surface area (Å²) in [7, 11) is 0. The molecule has 4 heteroatoms. The highest BCUT2D eigenvalue weighted by Gasteiger charge is 2.16. The van der Waals surface area contributed by atoms with E-state index in [-0.39, 0.29) is 0 Å². The molecule has 1 fully saturated rings. The molecular formula is C8H14N4. The Morgan fingerprint density at radius 3 is 3.08 bits per heavy atom. The van der Waals surface area contributed by atoms with E-state index in [9.17, 15) is 0 Å². The summed E-state index contributed by atoms with van der Waals surface area (Å²) in [6, 6.07) is 0. The van der Waals surface area contributed by atoms with E-state index in [1.807, 2.05) is 0 Å². The number of aromatic amines is 1. The molecule has 0 aromatic carbocycles. The maximum absolute atomic E-state index is 4.03. The van der Waals surface area contributed by atoms with Gasteiger partial charge in [-0.2, -0.15) is 5.10 Å². The minimum absolute atomic E-state index is 0.816. The molecule has 4 nitrogen and oxygen atoms in total. The molecule has 1 aliphatic carbocycles. The van der Waals surface area contributed by atoms with Crippen molar-refractivity contribution in [1.29, 1.82) is 0 Å². The van der Waals surface area contributed by atoms with E-state index in [1.54, 1.807) is 6.33 Å². The molecule has 1 saturated carbocycles. The Morgan fingerprint density at radius 2 is 2.50 bits per heavy atom. The van der Waals surface area contributed by atoms with E-state index >= 15 is 0 Å². The first-order valence-corrected chi connectivity index (χ1v) is 4.50. The summed E-state index contributed by atoms with van der Waals surface area (Å²) in [5.74, 6) is 1.84. The zero-order chi connectivity index (χ0) is 8.23. The number of hydrogen-bond donors (Lipinski definition) is 2. The summed E-state index contributed by atoms with van der Waals surface area (Å²) in [5.41, 5.74) is 0. The van der Waals surface area contributed by atoms with E-state index in [4.69, 9.17) is 0 Å². The summed E-state index contributed by atoms with van der Waals surface area (Å²) >= 11 is 0. The van der Waals surface area contributed by atoms with Gasteiger partial charge in [0, 0.05) is 0 Å². The Hall–Kier alpha value is -0.900. The molecule has 1 aromatic rings. The van der Waals surface area contributed by atoms with Gasteiger partial charge in [-0.3, -0.25) is 5.10 Å². The summed E-state index contributed by atoms with van der Waals surface area (Å²) in [6.07, 6.45) is 5.74. The SMILES string of the molecule is c1n[nH]c(CNCC2CCC2)n1. The van der Waals surface area contributed by atoms with Crippen molar-refractivity contribution < 1.29 is 0 Å². The zero-order valence-corrected chi connectivity index (χ0v) is 7.08. The summed E-state index contributed by atoms with van der Waals surface area (Å²) in [6.45, 7) is 1.94. The molecule has 12 heavy (non-hydrogen) atoms. The fourth-order valence-corrected chi connectivity index (χ4v) is 1.41. The van der Waals surface area contributed by atoms with Gasteiger partial charge in [-0.25, -0.2) is 4.98 Å². The quantitative estimate of drug-likeness (QED) is 0.692. The molecule has 2 rings (SSSR count). The summed E-state index contributed by atoms with van der Waals surface area (Å²) in [5, 5.41) is 9.96. The fourth-order valence-electron chi connectivity index (χ4n) is 1.41. The van der Waals surface area contributed by atoms with Gasteiger partial charge in [0.15, 0.2) is 0 Å². The van der Waals surface area contributed by atoms with Gasteiger partial charge in [-0.1, -0.05) is 6.42 Å². The molecule has 0 aliphatic heterocycles. The normalized spacial score (nSPS) is 17.7. The average molecular weight is 166 g/mol. The van der Waals surface area contributed by atoms with E-state index in [1.165, 1.54) is 19.3 Å². The molecule has 1 aliphatic rings. The zero-order valence-electron chi connectivity index (χ0n) is 7.08. The van der Waals surface area contributed by atoms with Gasteiger partial charge in [-0.05, 0) is 25.3 Å². The van der Waals surface area contributed by atoms with Gasteiger partial charge in [0.1, 0.15) is 12.2 Å². The van der Waals surface area contributed by atoms with Crippen LogP contribution in [0.2, 0.25) is 0 Å². The predicted molar refractivity (Wildman–Crippen MR) is 45.4 cm³/mol. The third-order valence-corrected chi connectivity index (χ3v) is 2.42. The predicted octanol–water partition coefficient (Wildman–Crippen LogP) is 0.694. The van der Waals surface area contributed by atoms with Crippen LogP contribution in [0.5, 0.6) is 0 Å². The molecule has 1 aromatic heterocycles. The second kappa shape index (κ2) is 3.67. The highest BCUT2D eigenvalue weighted by molar-refractivity contribution is 4.80. The van der Waals surface area contributed by atoms with Crippen molar-refractivity contribution in [3.63, 3.8) is 0 Å². The van der Waals surface area contributed by atoms with Crippen molar-refractivity contribution in [3.8, 4) is 0 Å². The largest absolute Gasteiger partial charge is 0.310 e. The minimum Gasteiger partial charge on any atom is -0.310 e. The molecule has 2 N–H and O–H groups in total. The second-order valence-electron chi connectivity index (χ2n) is 3.36. The summed E-state index contributed by atoms with van der Waals surface area (Å²) < 4.78 is 0. The number of nitrogens with one attached hydrogen (secondary N) is 2. The van der Waals surface area contributed by atoms with Gasteiger partial charge >= 0.3 is 0 Å². The van der Waals surface area contributed by atoms with Crippen LogP contribution in [0, 0.1) is 5.92 Å². The fraction of sp³-hybridized carbons (Fsp3) is 0.750. The van der Waals surface area contributed by atoms with Gasteiger partial charge in [-0.15, -0.1) is 0 Å². The number of H-pyrrole nitrogens is 1. The van der Waals surface area contributed by atoms with Crippen LogP contribution in [0.1, 0.15) is 25.1 Å². The third-order valence-electron chi connectivity index (χ3n) is 2.42. The molecule has 0 spiro atoms. The Morgan fingerprint density at radius 1 is 1.58 bits per heavy atom. The van der Waals surface area contributed by atoms with Crippen molar-refractivity contribution in [2.75, 3.05) is 6.54 Å². The second-order valence-corrected chi connectivity index (χ2v) is 3.36. The number of rotatable bonds is 4. The lowest BCUT2D eigenvalue weighted by Gasteiger charge is -2.25. The van der Waals surface area contributed by atoms with E-state index < -0.39 is 0 Å². The maximum Gasteiger partial charge on any atom is 0.138 e. The monoisotopic (exact) mass is 166 g/mol. The molecule has 1 heterocycles. The van der Waals surface area contributed by atoms with Crippen LogP contribution in [0.4, 0.5) is 0 Å². The number of hydrogen-bond acceptors (Lipinski definition) is 3. The molecule has 0 saturated heterocycles. The third kappa shape index (κ3) is 1.82. The minimum atomic E-state index is 0.816. The summed E-state index contributed by atoms with van der Waals surface area (Å²) in [4.78, 5) is 4.03. The van der Waals surface area contributed by atoms with Crippen LogP contribution in [-0.4, -0.2) is 21.7 Å². The molecule has 0 bridgehead atoms. The highest BCUT2D eigenvalue weighted by atomic mass is 15.2. The standard InChI is InChI=1S/C8H14N4/c1-2-7(3-1)4-9-5-8-10-6-11-12-8/h6-7,9H,1-5H2,(H,10,11,12). The maximum atomic E-state index is 4.03. The average Bonchev–Trinajstić information content (AvgIpc) is 2.46. The van der Waals surface area contributed by atoms with Crippen LogP contribution in [0.3, 0.4) is 0 Å². The van der Waals surface area contributed by atoms with Gasteiger partial charge < -0.3 is 5.32 Å². The Labute approximate surface area is 71.8 Å². The lowest BCUT2D eigenvalue weighted by atomic mass is 9.85. The Kier molecular flexibility index (Phi) is 2.36. The molecule has 0 amide bonds. The van der Waals surface area contributed by atoms with E-state index in [2.05, 4.69) is 20.5 Å². The smallest absolute Gasteiger partial charge is 0.138 e. The van der Waals surface area contributed by atoms with Crippen LogP contribution in [0.15, 0.2) is 6.33 Å². The van der Waals surface area contributed by atoms with Crippen molar-refractivity contribution >= 4 is 0 Å². The Balaban J connectivity index is 1.62. The van der Waals surface area contributed by atoms with Crippen molar-refractivity contribution in [3.05, 3.63) is 12.2 Å². The lowest BCUT2D eigenvalue weighted by molar-refractivity contribution is 0.300. The van der Waals surface area contributed by atoms with E-state index in [0.717, 1.165) is 24.8 Å². The molecule has 0 unspecified atom stereocenters. The van der Waals surface area contributed by atoms with Gasteiger partial charge in [0.25, 0.3) is 0 Å². The van der Waals surface area contributed by atoms with Crippen molar-refractivity contribution in [2.45, 2.75) is 25.8 Å². The first kappa shape index (κ1) is 7.73. The van der Waals surface area contributed by atoms with Gasteiger partial charge in [0.05, 0.1) is 6.54 Å². The molecule has 66 valence electrons. The van der Waals surface area contributed by atoms with Crippen LogP contribution >= 0.6 is 0 Å². The number of nitrogens with zero attached hydrogens (tertiary/aromatic N) is 2. The first-order chi connectivity index (χ1) is 5.95. The van der Waals surface area contributed by atoms with Crippen LogP contribution in [-0.2, 0) is 6.54 Å². The molecule has 0 atom stereocenters. The lowest BCUT2D eigenvalue weighted by Crippen LogP contribution is -2.27. The van der Waals surface area contributed by atoms with Crippen LogP contribution < -0.4 is 5.32 Å². The van der Waals surface area contributed by atoms with Crippen molar-refractivity contribution in [1.82, 2.24) is 20.5 Å². The topological polar surface area (TPSA) is 53.6 Å².